The van der Waals surface area contributed by atoms with Crippen LogP contribution in [0.15, 0.2) is 4.99 Å². The zero-order valence-corrected chi connectivity index (χ0v) is 18.0. The van der Waals surface area contributed by atoms with Crippen LogP contribution >= 0.6 is 24.0 Å². The maximum absolute atomic E-state index is 9.63. The van der Waals surface area contributed by atoms with Gasteiger partial charge in [-0.25, -0.2) is 0 Å². The first-order valence-electron chi connectivity index (χ1n) is 9.55. The van der Waals surface area contributed by atoms with E-state index in [2.05, 4.69) is 36.3 Å². The van der Waals surface area contributed by atoms with Crippen LogP contribution in [0.4, 0.5) is 0 Å². The van der Waals surface area contributed by atoms with E-state index in [0.29, 0.717) is 18.0 Å². The highest BCUT2D eigenvalue weighted by Gasteiger charge is 2.22. The molecule has 0 amide bonds. The smallest absolute Gasteiger partial charge is 0.191 e. The largest absolute Gasteiger partial charge is 0.393 e. The summed E-state index contributed by atoms with van der Waals surface area (Å²) in [6.45, 7) is 10.9. The van der Waals surface area contributed by atoms with Crippen molar-refractivity contribution >= 4 is 29.9 Å². The lowest BCUT2D eigenvalue weighted by atomic mass is 9.93. The van der Waals surface area contributed by atoms with Crippen molar-refractivity contribution in [3.63, 3.8) is 0 Å². The van der Waals surface area contributed by atoms with Crippen molar-refractivity contribution in [3.05, 3.63) is 0 Å². The number of rotatable bonds is 5. The van der Waals surface area contributed by atoms with Gasteiger partial charge in [-0.05, 0) is 71.8 Å². The molecule has 3 N–H and O–H groups in total. The van der Waals surface area contributed by atoms with Crippen LogP contribution in [-0.2, 0) is 0 Å². The monoisotopic (exact) mass is 452 g/mol. The zero-order chi connectivity index (χ0) is 16.7. The molecule has 0 aromatic carbocycles. The molecule has 1 aliphatic carbocycles. The first kappa shape index (κ1) is 22.0. The Bertz CT molecular complexity index is 370. The van der Waals surface area contributed by atoms with Crippen LogP contribution in [0.1, 0.15) is 59.3 Å². The number of nitrogens with zero attached hydrogens (tertiary/aromatic N) is 2. The summed E-state index contributed by atoms with van der Waals surface area (Å²) >= 11 is 0. The van der Waals surface area contributed by atoms with Gasteiger partial charge in [0.2, 0.25) is 0 Å². The predicted octanol–water partition coefficient (Wildman–Crippen LogP) is 2.58. The number of hydrogen-bond acceptors (Lipinski definition) is 3. The number of guanidine groups is 1. The number of aliphatic hydroxyl groups is 1. The van der Waals surface area contributed by atoms with Crippen LogP contribution in [0.3, 0.4) is 0 Å². The maximum atomic E-state index is 9.63. The summed E-state index contributed by atoms with van der Waals surface area (Å²) in [5, 5.41) is 16.6. The Morgan fingerprint density at radius 1 is 1.21 bits per heavy atom. The zero-order valence-electron chi connectivity index (χ0n) is 15.6. The Labute approximate surface area is 165 Å². The molecule has 0 aromatic heterocycles. The summed E-state index contributed by atoms with van der Waals surface area (Å²) < 4.78 is 0. The third-order valence-electron chi connectivity index (χ3n) is 5.17. The molecule has 142 valence electrons. The molecule has 5 nitrogen and oxygen atoms in total. The van der Waals surface area contributed by atoms with Gasteiger partial charge in [0.15, 0.2) is 5.96 Å². The third kappa shape index (κ3) is 7.44. The molecular formula is C18H37IN4O. The van der Waals surface area contributed by atoms with Crippen molar-refractivity contribution in [1.82, 2.24) is 15.5 Å². The van der Waals surface area contributed by atoms with Gasteiger partial charge >= 0.3 is 0 Å². The summed E-state index contributed by atoms with van der Waals surface area (Å²) in [7, 11) is 0. The maximum Gasteiger partial charge on any atom is 0.191 e. The molecular weight excluding hydrogens is 415 g/mol. The molecule has 1 heterocycles. The van der Waals surface area contributed by atoms with Crippen molar-refractivity contribution in [2.45, 2.75) is 77.5 Å². The van der Waals surface area contributed by atoms with Gasteiger partial charge in [-0.2, -0.15) is 0 Å². The number of aliphatic imine (C=N–C) groups is 1. The molecule has 1 unspecified atom stereocenters. The first-order chi connectivity index (χ1) is 11.1. The Kier molecular flexibility index (Phi) is 10.5. The normalized spacial score (nSPS) is 29.2. The Morgan fingerprint density at radius 3 is 2.54 bits per heavy atom. The fourth-order valence-electron chi connectivity index (χ4n) is 3.67. The van der Waals surface area contributed by atoms with E-state index in [-0.39, 0.29) is 30.1 Å². The Hall–Kier alpha value is -0.0800. The summed E-state index contributed by atoms with van der Waals surface area (Å²) in [4.78, 5) is 7.43. The highest BCUT2D eigenvalue weighted by Crippen LogP contribution is 2.19. The number of aliphatic hydroxyl groups excluding tert-OH is 1. The molecule has 1 saturated heterocycles. The molecule has 0 bridgehead atoms. The number of likely N-dealkylation sites (tertiary alicyclic amines) is 1. The van der Waals surface area contributed by atoms with Crippen molar-refractivity contribution in [2.75, 3.05) is 26.2 Å². The van der Waals surface area contributed by atoms with E-state index in [1.807, 2.05) is 0 Å². The molecule has 0 spiro atoms. The van der Waals surface area contributed by atoms with Crippen LogP contribution in [-0.4, -0.2) is 60.3 Å². The summed E-state index contributed by atoms with van der Waals surface area (Å²) in [5.74, 6) is 1.63. The number of hydrogen-bond donors (Lipinski definition) is 3. The minimum atomic E-state index is -0.100. The van der Waals surface area contributed by atoms with Crippen LogP contribution in [0.5, 0.6) is 0 Å². The second-order valence-corrected chi connectivity index (χ2v) is 7.47. The van der Waals surface area contributed by atoms with E-state index >= 15 is 0 Å². The van der Waals surface area contributed by atoms with Crippen molar-refractivity contribution in [3.8, 4) is 0 Å². The predicted molar refractivity (Wildman–Crippen MR) is 112 cm³/mol. The van der Waals surface area contributed by atoms with Gasteiger partial charge in [-0.3, -0.25) is 4.99 Å². The van der Waals surface area contributed by atoms with Gasteiger partial charge in [0.25, 0.3) is 0 Å². The fourth-order valence-corrected chi connectivity index (χ4v) is 3.67. The molecule has 1 aliphatic heterocycles. The molecule has 2 rings (SSSR count). The van der Waals surface area contributed by atoms with E-state index in [1.54, 1.807) is 0 Å². The lowest BCUT2D eigenvalue weighted by Gasteiger charge is -2.35. The number of halogens is 1. The summed E-state index contributed by atoms with van der Waals surface area (Å²) in [6.07, 6.45) is 6.37. The van der Waals surface area contributed by atoms with E-state index in [9.17, 15) is 5.11 Å². The van der Waals surface area contributed by atoms with Gasteiger partial charge in [-0.1, -0.05) is 0 Å². The molecule has 0 aromatic rings. The van der Waals surface area contributed by atoms with Gasteiger partial charge in [0.05, 0.1) is 6.10 Å². The third-order valence-corrected chi connectivity index (χ3v) is 5.17. The SMILES string of the molecule is CCNC(=NCC1CCCN(C(C)C)C1)NC1CCC(O)CC1.I. The first-order valence-corrected chi connectivity index (χ1v) is 9.55. The van der Waals surface area contributed by atoms with Crippen LogP contribution < -0.4 is 10.6 Å². The minimum Gasteiger partial charge on any atom is -0.393 e. The highest BCUT2D eigenvalue weighted by atomic mass is 127. The fraction of sp³-hybridized carbons (Fsp3) is 0.944. The topological polar surface area (TPSA) is 59.9 Å². The average molecular weight is 452 g/mol. The van der Waals surface area contributed by atoms with Gasteiger partial charge < -0.3 is 20.6 Å². The molecule has 24 heavy (non-hydrogen) atoms. The molecule has 6 heteroatoms. The van der Waals surface area contributed by atoms with E-state index in [4.69, 9.17) is 4.99 Å². The highest BCUT2D eigenvalue weighted by molar-refractivity contribution is 14.0. The lowest BCUT2D eigenvalue weighted by Crippen LogP contribution is -2.46. The molecule has 1 atom stereocenters. The van der Waals surface area contributed by atoms with Crippen molar-refractivity contribution in [1.29, 1.82) is 0 Å². The van der Waals surface area contributed by atoms with Gasteiger partial charge in [-0.15, -0.1) is 24.0 Å². The van der Waals surface area contributed by atoms with Crippen molar-refractivity contribution in [2.24, 2.45) is 10.9 Å². The Balaban J connectivity index is 0.00000288. The van der Waals surface area contributed by atoms with Crippen molar-refractivity contribution < 1.29 is 5.11 Å². The van der Waals surface area contributed by atoms with E-state index in [1.165, 1.54) is 25.9 Å². The molecule has 0 radical (unpaired) electrons. The second kappa shape index (κ2) is 11.5. The molecule has 1 saturated carbocycles. The average Bonchev–Trinajstić information content (AvgIpc) is 2.55. The quantitative estimate of drug-likeness (QED) is 0.341. The number of nitrogens with one attached hydrogen (secondary N) is 2. The minimum absolute atomic E-state index is 0. The van der Waals surface area contributed by atoms with E-state index in [0.717, 1.165) is 44.7 Å². The van der Waals surface area contributed by atoms with Crippen LogP contribution in [0.25, 0.3) is 0 Å². The standard InChI is InChI=1S/C18H36N4O.HI/c1-4-19-18(21-16-7-9-17(23)10-8-16)20-12-15-6-5-11-22(13-15)14(2)3;/h14-17,23H,4-13H2,1-3H3,(H2,19,20,21);1H. The summed E-state index contributed by atoms with van der Waals surface area (Å²) in [5.41, 5.74) is 0. The number of piperidine rings is 1. The Morgan fingerprint density at radius 2 is 1.92 bits per heavy atom. The second-order valence-electron chi connectivity index (χ2n) is 7.47. The van der Waals surface area contributed by atoms with Crippen LogP contribution in [0.2, 0.25) is 0 Å². The summed E-state index contributed by atoms with van der Waals surface area (Å²) in [6, 6.07) is 1.09. The van der Waals surface area contributed by atoms with Gasteiger partial charge in [0.1, 0.15) is 0 Å². The van der Waals surface area contributed by atoms with Gasteiger partial charge in [0, 0.05) is 31.7 Å². The molecule has 2 aliphatic rings. The lowest BCUT2D eigenvalue weighted by molar-refractivity contribution is 0.120. The molecule has 2 fully saturated rings. The van der Waals surface area contributed by atoms with Crippen LogP contribution in [0, 0.1) is 5.92 Å². The van der Waals surface area contributed by atoms with E-state index < -0.39 is 0 Å².